The van der Waals surface area contributed by atoms with Crippen molar-refractivity contribution < 1.29 is 0 Å². The highest BCUT2D eigenvalue weighted by molar-refractivity contribution is 5.17. The molecule has 102 valence electrons. The standard InChI is InChI=1S/C15H27N3/c1-7-18-9-8-17-12(18)10-11(16-6)13-14(2,3)15(13,4)5/h8-9,11,13,16H,7,10H2,1-6H3. The Labute approximate surface area is 111 Å². The third kappa shape index (κ3) is 1.89. The molecular weight excluding hydrogens is 222 g/mol. The molecule has 1 N–H and O–H groups in total. The van der Waals surface area contributed by atoms with E-state index in [1.165, 1.54) is 5.82 Å². The lowest BCUT2D eigenvalue weighted by Gasteiger charge is -2.18. The maximum absolute atomic E-state index is 4.50. The van der Waals surface area contributed by atoms with Crippen molar-refractivity contribution in [1.82, 2.24) is 14.9 Å². The quantitative estimate of drug-likeness (QED) is 0.869. The highest BCUT2D eigenvalue weighted by Crippen LogP contribution is 2.69. The van der Waals surface area contributed by atoms with E-state index in [1.807, 2.05) is 6.20 Å². The van der Waals surface area contributed by atoms with E-state index in [0.717, 1.165) is 18.9 Å². The number of nitrogens with zero attached hydrogens (tertiary/aromatic N) is 2. The van der Waals surface area contributed by atoms with Gasteiger partial charge in [0.05, 0.1) is 0 Å². The Morgan fingerprint density at radius 1 is 1.33 bits per heavy atom. The molecule has 0 spiro atoms. The van der Waals surface area contributed by atoms with Crippen molar-refractivity contribution in [2.75, 3.05) is 7.05 Å². The summed E-state index contributed by atoms with van der Waals surface area (Å²) in [5.41, 5.74) is 0.842. The molecule has 1 aromatic rings. The molecule has 1 atom stereocenters. The molecule has 0 amide bonds. The highest BCUT2D eigenvalue weighted by atomic mass is 15.1. The van der Waals surface area contributed by atoms with Crippen LogP contribution in [0.1, 0.15) is 40.4 Å². The summed E-state index contributed by atoms with van der Waals surface area (Å²) in [6.45, 7) is 12.7. The van der Waals surface area contributed by atoms with Crippen molar-refractivity contribution in [2.45, 2.75) is 53.6 Å². The average molecular weight is 249 g/mol. The van der Waals surface area contributed by atoms with Crippen LogP contribution < -0.4 is 5.32 Å². The summed E-state index contributed by atoms with van der Waals surface area (Å²) in [6, 6.07) is 0.516. The Bertz CT molecular complexity index is 403. The van der Waals surface area contributed by atoms with Crippen molar-refractivity contribution in [2.24, 2.45) is 16.7 Å². The number of aromatic nitrogens is 2. The SMILES string of the molecule is CCn1ccnc1CC(NC)C1C(C)(C)C1(C)C. The minimum absolute atomic E-state index is 0.421. The maximum atomic E-state index is 4.50. The first-order chi connectivity index (χ1) is 8.36. The van der Waals surface area contributed by atoms with Crippen molar-refractivity contribution in [1.29, 1.82) is 0 Å². The van der Waals surface area contributed by atoms with E-state index >= 15 is 0 Å². The highest BCUT2D eigenvalue weighted by Gasteiger charge is 2.66. The number of nitrogens with one attached hydrogen (secondary N) is 1. The van der Waals surface area contributed by atoms with E-state index in [0.29, 0.717) is 16.9 Å². The average Bonchev–Trinajstić information content (AvgIpc) is 2.69. The van der Waals surface area contributed by atoms with E-state index in [4.69, 9.17) is 0 Å². The normalized spacial score (nSPS) is 23.0. The number of rotatable bonds is 5. The molecule has 2 rings (SSSR count). The summed E-state index contributed by atoms with van der Waals surface area (Å²) in [5.74, 6) is 1.92. The van der Waals surface area contributed by atoms with E-state index in [-0.39, 0.29) is 0 Å². The van der Waals surface area contributed by atoms with Gasteiger partial charge in [-0.3, -0.25) is 0 Å². The lowest BCUT2D eigenvalue weighted by Crippen LogP contribution is -2.33. The molecule has 0 radical (unpaired) electrons. The Kier molecular flexibility index (Phi) is 3.30. The fourth-order valence-corrected chi connectivity index (χ4v) is 3.65. The van der Waals surface area contributed by atoms with Crippen LogP contribution in [0.25, 0.3) is 0 Å². The van der Waals surface area contributed by atoms with Crippen LogP contribution in [0.5, 0.6) is 0 Å². The molecular formula is C15H27N3. The van der Waals surface area contributed by atoms with Gasteiger partial charge in [0.1, 0.15) is 5.82 Å². The largest absolute Gasteiger partial charge is 0.335 e. The van der Waals surface area contributed by atoms with Gasteiger partial charge in [-0.1, -0.05) is 27.7 Å². The summed E-state index contributed by atoms with van der Waals surface area (Å²) in [6.07, 6.45) is 5.01. The van der Waals surface area contributed by atoms with Crippen LogP contribution in [0.15, 0.2) is 12.4 Å². The van der Waals surface area contributed by atoms with Crippen LogP contribution in [-0.2, 0) is 13.0 Å². The summed E-state index contributed by atoms with van der Waals surface area (Å²) < 4.78 is 2.24. The first kappa shape index (κ1) is 13.6. The summed E-state index contributed by atoms with van der Waals surface area (Å²) in [5, 5.41) is 3.51. The number of likely N-dealkylation sites (N-methyl/N-ethyl adjacent to an activating group) is 1. The monoisotopic (exact) mass is 249 g/mol. The summed E-state index contributed by atoms with van der Waals surface area (Å²) >= 11 is 0. The Hall–Kier alpha value is -0.830. The van der Waals surface area contributed by atoms with E-state index in [9.17, 15) is 0 Å². The van der Waals surface area contributed by atoms with Crippen LogP contribution in [0.3, 0.4) is 0 Å². The molecule has 0 aliphatic heterocycles. The number of aryl methyl sites for hydroxylation is 1. The second-order valence-electron chi connectivity index (χ2n) is 6.65. The van der Waals surface area contributed by atoms with Gasteiger partial charge in [0, 0.05) is 31.4 Å². The van der Waals surface area contributed by atoms with Crippen molar-refractivity contribution >= 4 is 0 Å². The smallest absolute Gasteiger partial charge is 0.110 e. The topological polar surface area (TPSA) is 29.9 Å². The fraction of sp³-hybridized carbons (Fsp3) is 0.800. The van der Waals surface area contributed by atoms with Crippen molar-refractivity contribution in [3.63, 3.8) is 0 Å². The van der Waals surface area contributed by atoms with Crippen LogP contribution in [-0.4, -0.2) is 22.6 Å². The zero-order chi connectivity index (χ0) is 13.6. The number of hydrogen-bond donors (Lipinski definition) is 1. The summed E-state index contributed by atoms with van der Waals surface area (Å²) in [4.78, 5) is 4.50. The van der Waals surface area contributed by atoms with Crippen LogP contribution in [0.4, 0.5) is 0 Å². The Balaban J connectivity index is 2.13. The molecule has 1 aliphatic carbocycles. The van der Waals surface area contributed by atoms with Crippen molar-refractivity contribution in [3.8, 4) is 0 Å². The van der Waals surface area contributed by atoms with Gasteiger partial charge in [0.2, 0.25) is 0 Å². The molecule has 1 saturated carbocycles. The Morgan fingerprint density at radius 2 is 1.94 bits per heavy atom. The molecule has 1 fully saturated rings. The predicted molar refractivity (Wildman–Crippen MR) is 75.5 cm³/mol. The van der Waals surface area contributed by atoms with E-state index in [2.05, 4.69) is 62.7 Å². The molecule has 0 bridgehead atoms. The van der Waals surface area contributed by atoms with Crippen molar-refractivity contribution in [3.05, 3.63) is 18.2 Å². The molecule has 1 unspecified atom stereocenters. The number of imidazole rings is 1. The third-order valence-corrected chi connectivity index (χ3v) is 5.45. The van der Waals surface area contributed by atoms with Gasteiger partial charge in [0.15, 0.2) is 0 Å². The fourth-order valence-electron chi connectivity index (χ4n) is 3.65. The Morgan fingerprint density at radius 3 is 2.39 bits per heavy atom. The zero-order valence-electron chi connectivity index (χ0n) is 12.6. The molecule has 1 aromatic heterocycles. The second kappa shape index (κ2) is 4.37. The lowest BCUT2D eigenvalue weighted by molar-refractivity contribution is 0.409. The molecule has 0 aromatic carbocycles. The molecule has 1 aliphatic rings. The molecule has 3 heteroatoms. The molecule has 0 saturated heterocycles. The van der Waals surface area contributed by atoms with Gasteiger partial charge in [-0.15, -0.1) is 0 Å². The third-order valence-electron chi connectivity index (χ3n) is 5.45. The molecule has 1 heterocycles. The maximum Gasteiger partial charge on any atom is 0.110 e. The summed E-state index contributed by atoms with van der Waals surface area (Å²) in [7, 11) is 2.08. The number of hydrogen-bond acceptors (Lipinski definition) is 2. The molecule has 18 heavy (non-hydrogen) atoms. The van der Waals surface area contributed by atoms with Gasteiger partial charge in [-0.25, -0.2) is 4.98 Å². The van der Waals surface area contributed by atoms with Gasteiger partial charge >= 0.3 is 0 Å². The van der Waals surface area contributed by atoms with E-state index < -0.39 is 0 Å². The van der Waals surface area contributed by atoms with Gasteiger partial charge in [-0.05, 0) is 30.7 Å². The zero-order valence-corrected chi connectivity index (χ0v) is 12.6. The van der Waals surface area contributed by atoms with Gasteiger partial charge in [0.25, 0.3) is 0 Å². The van der Waals surface area contributed by atoms with E-state index in [1.54, 1.807) is 0 Å². The van der Waals surface area contributed by atoms with Gasteiger partial charge < -0.3 is 9.88 Å². The lowest BCUT2D eigenvalue weighted by atomic mass is 10.0. The minimum atomic E-state index is 0.421. The first-order valence-electron chi connectivity index (χ1n) is 7.03. The van der Waals surface area contributed by atoms with Crippen LogP contribution in [0, 0.1) is 16.7 Å². The molecule has 3 nitrogen and oxygen atoms in total. The first-order valence-corrected chi connectivity index (χ1v) is 7.03. The van der Waals surface area contributed by atoms with Crippen LogP contribution >= 0.6 is 0 Å². The van der Waals surface area contributed by atoms with Gasteiger partial charge in [-0.2, -0.15) is 0 Å². The van der Waals surface area contributed by atoms with Crippen LogP contribution in [0.2, 0.25) is 0 Å². The minimum Gasteiger partial charge on any atom is -0.335 e. The second-order valence-corrected chi connectivity index (χ2v) is 6.65. The predicted octanol–water partition coefficient (Wildman–Crippen LogP) is 2.72.